The van der Waals surface area contributed by atoms with Crippen LogP contribution in [0.5, 0.6) is 0 Å². The molecule has 2 aromatic heterocycles. The number of thiazole rings is 1. The van der Waals surface area contributed by atoms with Crippen molar-refractivity contribution in [3.05, 3.63) is 46.2 Å². The second-order valence-corrected chi connectivity index (χ2v) is 8.50. The van der Waals surface area contributed by atoms with E-state index in [1.165, 1.54) is 0 Å². The van der Waals surface area contributed by atoms with Crippen LogP contribution in [0, 0.1) is 0 Å². The van der Waals surface area contributed by atoms with Gasteiger partial charge in [0, 0.05) is 54.4 Å². The summed E-state index contributed by atoms with van der Waals surface area (Å²) in [5.41, 5.74) is 1.99. The van der Waals surface area contributed by atoms with Crippen LogP contribution in [0.4, 0.5) is 0 Å². The van der Waals surface area contributed by atoms with E-state index in [4.69, 9.17) is 4.98 Å². The molecule has 0 radical (unpaired) electrons. The molecule has 1 saturated heterocycles. The third kappa shape index (κ3) is 4.64. The largest absolute Gasteiger partial charge is 0.339 e. The van der Waals surface area contributed by atoms with Crippen molar-refractivity contribution in [2.24, 2.45) is 0 Å². The number of piperidine rings is 1. The molecule has 3 heterocycles. The van der Waals surface area contributed by atoms with Gasteiger partial charge in [0.2, 0.25) is 0 Å². The Hall–Kier alpha value is -1.79. The van der Waals surface area contributed by atoms with Crippen molar-refractivity contribution in [1.29, 1.82) is 0 Å². The molecule has 0 unspecified atom stereocenters. The highest BCUT2D eigenvalue weighted by Crippen LogP contribution is 2.24. The highest BCUT2D eigenvalue weighted by Gasteiger charge is 2.24. The van der Waals surface area contributed by atoms with E-state index in [0.717, 1.165) is 48.7 Å². The lowest BCUT2D eigenvalue weighted by Gasteiger charge is -2.32. The molecule has 0 bridgehead atoms. The molecule has 6 heteroatoms. The number of aromatic nitrogens is 2. The van der Waals surface area contributed by atoms with E-state index < -0.39 is 0 Å². The van der Waals surface area contributed by atoms with Gasteiger partial charge in [-0.1, -0.05) is 20.8 Å². The molecule has 0 spiro atoms. The van der Waals surface area contributed by atoms with Gasteiger partial charge < -0.3 is 10.2 Å². The van der Waals surface area contributed by atoms with Crippen molar-refractivity contribution in [1.82, 2.24) is 20.2 Å². The summed E-state index contributed by atoms with van der Waals surface area (Å²) in [6.07, 6.45) is 5.30. The highest BCUT2D eigenvalue weighted by molar-refractivity contribution is 7.09. The van der Waals surface area contributed by atoms with Gasteiger partial charge in [-0.25, -0.2) is 4.98 Å². The van der Waals surface area contributed by atoms with Crippen LogP contribution in [0.1, 0.15) is 54.7 Å². The first-order chi connectivity index (χ1) is 11.9. The van der Waals surface area contributed by atoms with Crippen molar-refractivity contribution in [2.45, 2.75) is 51.6 Å². The first-order valence-electron chi connectivity index (χ1n) is 8.81. The Morgan fingerprint density at radius 1 is 1.28 bits per heavy atom. The molecular formula is C19H26N4OS. The van der Waals surface area contributed by atoms with Crippen LogP contribution in [0.25, 0.3) is 0 Å². The van der Waals surface area contributed by atoms with Crippen LogP contribution in [-0.4, -0.2) is 39.9 Å². The molecule has 0 aromatic carbocycles. The maximum Gasteiger partial charge on any atom is 0.253 e. The summed E-state index contributed by atoms with van der Waals surface area (Å²) in [4.78, 5) is 23.1. The average molecular weight is 359 g/mol. The number of hydrogen-bond donors (Lipinski definition) is 1. The van der Waals surface area contributed by atoms with E-state index >= 15 is 0 Å². The summed E-state index contributed by atoms with van der Waals surface area (Å²) >= 11 is 1.72. The van der Waals surface area contributed by atoms with Crippen LogP contribution in [0.2, 0.25) is 0 Å². The molecule has 1 fully saturated rings. The van der Waals surface area contributed by atoms with Crippen molar-refractivity contribution in [3.63, 3.8) is 0 Å². The Bertz CT molecular complexity index is 700. The van der Waals surface area contributed by atoms with Crippen LogP contribution in [0.3, 0.4) is 0 Å². The van der Waals surface area contributed by atoms with Crippen molar-refractivity contribution < 1.29 is 4.79 Å². The Labute approximate surface area is 153 Å². The summed E-state index contributed by atoms with van der Waals surface area (Å²) in [7, 11) is 0. The fourth-order valence-electron chi connectivity index (χ4n) is 2.93. The molecule has 0 aliphatic carbocycles. The van der Waals surface area contributed by atoms with Crippen LogP contribution >= 0.6 is 11.3 Å². The van der Waals surface area contributed by atoms with Gasteiger partial charge in [-0.3, -0.25) is 9.78 Å². The third-order valence-electron chi connectivity index (χ3n) is 4.57. The van der Waals surface area contributed by atoms with Gasteiger partial charge in [0.15, 0.2) is 0 Å². The number of carbonyl (C=O) groups excluding carboxylic acids is 1. The van der Waals surface area contributed by atoms with Gasteiger partial charge in [0.1, 0.15) is 5.01 Å². The zero-order valence-electron chi connectivity index (χ0n) is 15.2. The molecule has 0 atom stereocenters. The fourth-order valence-corrected chi connectivity index (χ4v) is 3.90. The van der Waals surface area contributed by atoms with E-state index in [1.807, 2.05) is 4.90 Å². The molecule has 3 rings (SSSR count). The predicted octanol–water partition coefficient (Wildman–Crippen LogP) is 3.23. The third-order valence-corrected chi connectivity index (χ3v) is 5.42. The monoisotopic (exact) mass is 358 g/mol. The van der Waals surface area contributed by atoms with Crippen molar-refractivity contribution in [2.75, 3.05) is 13.1 Å². The maximum absolute atomic E-state index is 12.5. The minimum Gasteiger partial charge on any atom is -0.339 e. The Kier molecular flexibility index (Phi) is 5.49. The zero-order valence-corrected chi connectivity index (χ0v) is 16.0. The summed E-state index contributed by atoms with van der Waals surface area (Å²) in [5, 5.41) is 6.90. The Morgan fingerprint density at radius 3 is 2.56 bits per heavy atom. The molecular weight excluding hydrogens is 332 g/mol. The van der Waals surface area contributed by atoms with Crippen LogP contribution in [0.15, 0.2) is 29.9 Å². The Morgan fingerprint density at radius 2 is 1.96 bits per heavy atom. The minimum atomic E-state index is 0.105. The first-order valence-corrected chi connectivity index (χ1v) is 9.69. The molecule has 5 nitrogen and oxygen atoms in total. The molecule has 134 valence electrons. The quantitative estimate of drug-likeness (QED) is 0.912. The molecule has 2 aromatic rings. The number of pyridine rings is 1. The summed E-state index contributed by atoms with van der Waals surface area (Å²) in [5.74, 6) is 0.107. The summed E-state index contributed by atoms with van der Waals surface area (Å²) in [6.45, 7) is 8.97. The summed E-state index contributed by atoms with van der Waals surface area (Å²) in [6, 6.07) is 4.01. The number of hydrogen-bond acceptors (Lipinski definition) is 5. The van der Waals surface area contributed by atoms with Gasteiger partial charge in [-0.15, -0.1) is 11.3 Å². The normalized spacial score (nSPS) is 16.2. The number of amides is 1. The lowest BCUT2D eigenvalue weighted by Crippen LogP contribution is -2.44. The van der Waals surface area contributed by atoms with Crippen molar-refractivity contribution in [3.8, 4) is 0 Å². The fraction of sp³-hybridized carbons (Fsp3) is 0.526. The smallest absolute Gasteiger partial charge is 0.253 e. The van der Waals surface area contributed by atoms with Gasteiger partial charge in [0.05, 0.1) is 5.69 Å². The van der Waals surface area contributed by atoms with E-state index in [9.17, 15) is 4.79 Å². The average Bonchev–Trinajstić information content (AvgIpc) is 3.10. The first kappa shape index (κ1) is 18.0. The lowest BCUT2D eigenvalue weighted by atomic mass is 9.93. The number of rotatable bonds is 4. The summed E-state index contributed by atoms with van der Waals surface area (Å²) < 4.78 is 0. The number of nitrogens with one attached hydrogen (secondary N) is 1. The minimum absolute atomic E-state index is 0.105. The number of nitrogens with zero attached hydrogens (tertiary/aromatic N) is 3. The van der Waals surface area contributed by atoms with E-state index in [1.54, 1.807) is 35.9 Å². The number of likely N-dealkylation sites (tertiary alicyclic amines) is 1. The second kappa shape index (κ2) is 7.62. The van der Waals surface area contributed by atoms with E-state index in [-0.39, 0.29) is 11.3 Å². The Balaban J connectivity index is 1.47. The molecule has 25 heavy (non-hydrogen) atoms. The van der Waals surface area contributed by atoms with Gasteiger partial charge >= 0.3 is 0 Å². The molecule has 1 amide bonds. The van der Waals surface area contributed by atoms with Crippen LogP contribution in [-0.2, 0) is 12.0 Å². The van der Waals surface area contributed by atoms with Gasteiger partial charge in [-0.2, -0.15) is 0 Å². The molecule has 1 aliphatic rings. The number of carbonyl (C=O) groups is 1. The van der Waals surface area contributed by atoms with Crippen molar-refractivity contribution >= 4 is 17.2 Å². The molecule has 1 N–H and O–H groups in total. The molecule has 1 aliphatic heterocycles. The standard InChI is InChI=1S/C19H26N4OS/c1-19(2,3)16-13-25-17(22-16)12-21-15-6-10-23(11-7-15)18(24)14-4-8-20-9-5-14/h4-5,8-9,13,15,21H,6-7,10-12H2,1-3H3. The predicted molar refractivity (Wildman–Crippen MR) is 101 cm³/mol. The topological polar surface area (TPSA) is 58.1 Å². The SMILES string of the molecule is CC(C)(C)c1csc(CNC2CCN(C(=O)c3ccncc3)CC2)n1. The zero-order chi connectivity index (χ0) is 17.9. The van der Waals surface area contributed by atoms with E-state index in [0.29, 0.717) is 6.04 Å². The highest BCUT2D eigenvalue weighted by atomic mass is 32.1. The van der Waals surface area contributed by atoms with Crippen LogP contribution < -0.4 is 5.32 Å². The second-order valence-electron chi connectivity index (χ2n) is 7.56. The molecule has 0 saturated carbocycles. The van der Waals surface area contributed by atoms with Gasteiger partial charge in [-0.05, 0) is 25.0 Å². The van der Waals surface area contributed by atoms with Gasteiger partial charge in [0.25, 0.3) is 5.91 Å². The lowest BCUT2D eigenvalue weighted by molar-refractivity contribution is 0.0704. The maximum atomic E-state index is 12.5. The van der Waals surface area contributed by atoms with E-state index in [2.05, 4.69) is 36.5 Å².